The van der Waals surface area contributed by atoms with Crippen molar-refractivity contribution < 1.29 is 19.1 Å². The summed E-state index contributed by atoms with van der Waals surface area (Å²) >= 11 is 3.41. The van der Waals surface area contributed by atoms with Crippen molar-refractivity contribution in [3.63, 3.8) is 0 Å². The van der Waals surface area contributed by atoms with Gasteiger partial charge in [-0.3, -0.25) is 14.4 Å². The number of nitrogens with zero attached hydrogens (tertiary/aromatic N) is 1. The molecule has 1 aliphatic rings. The van der Waals surface area contributed by atoms with Gasteiger partial charge in [0.05, 0.1) is 13.5 Å². The Morgan fingerprint density at radius 2 is 2.09 bits per heavy atom. The van der Waals surface area contributed by atoms with Gasteiger partial charge in [-0.25, -0.2) is 0 Å². The maximum atomic E-state index is 12.5. The fourth-order valence-corrected chi connectivity index (χ4v) is 3.08. The van der Waals surface area contributed by atoms with Crippen LogP contribution < -0.4 is 4.90 Å². The van der Waals surface area contributed by atoms with E-state index in [2.05, 4.69) is 15.9 Å². The zero-order valence-electron chi connectivity index (χ0n) is 12.6. The van der Waals surface area contributed by atoms with Crippen LogP contribution in [-0.2, 0) is 25.5 Å². The van der Waals surface area contributed by atoms with Gasteiger partial charge in [0.1, 0.15) is 0 Å². The lowest BCUT2D eigenvalue weighted by atomic mass is 9.93. The van der Waals surface area contributed by atoms with E-state index >= 15 is 0 Å². The number of benzene rings is 1. The molecule has 118 valence electrons. The fraction of sp³-hybridized carbons (Fsp3) is 0.438. The number of carbonyl (C=O) groups is 3. The van der Waals surface area contributed by atoms with E-state index in [4.69, 9.17) is 4.74 Å². The lowest BCUT2D eigenvalue weighted by molar-refractivity contribution is -0.141. The van der Waals surface area contributed by atoms with Gasteiger partial charge in [0.15, 0.2) is 0 Å². The molecule has 0 spiro atoms. The lowest BCUT2D eigenvalue weighted by Gasteiger charge is -2.36. The first-order valence-electron chi connectivity index (χ1n) is 7.19. The zero-order chi connectivity index (χ0) is 16.3. The molecule has 1 unspecified atom stereocenters. The highest BCUT2D eigenvalue weighted by molar-refractivity contribution is 9.10. The number of Topliss-reactive ketones (excluding diaryl/α,β-unsaturated/α-hetero) is 1. The number of halogens is 1. The van der Waals surface area contributed by atoms with Crippen molar-refractivity contribution >= 4 is 39.3 Å². The quantitative estimate of drug-likeness (QED) is 0.606. The van der Waals surface area contributed by atoms with Crippen LogP contribution in [0, 0.1) is 0 Å². The second kappa shape index (κ2) is 7.05. The molecule has 1 atom stereocenters. The maximum Gasteiger partial charge on any atom is 0.307 e. The van der Waals surface area contributed by atoms with Crippen molar-refractivity contribution in [2.45, 2.75) is 38.6 Å². The smallest absolute Gasteiger partial charge is 0.307 e. The van der Waals surface area contributed by atoms with Gasteiger partial charge in [-0.1, -0.05) is 22.9 Å². The topological polar surface area (TPSA) is 63.7 Å². The van der Waals surface area contributed by atoms with Gasteiger partial charge in [0, 0.05) is 22.6 Å². The zero-order valence-corrected chi connectivity index (χ0v) is 14.2. The number of methoxy groups -OCH3 is 1. The average Bonchev–Trinajstić information content (AvgIpc) is 2.53. The average molecular weight is 368 g/mol. The molecule has 2 rings (SSSR count). The van der Waals surface area contributed by atoms with Gasteiger partial charge in [-0.15, -0.1) is 0 Å². The molecule has 0 fully saturated rings. The van der Waals surface area contributed by atoms with Crippen molar-refractivity contribution in [3.8, 4) is 0 Å². The van der Waals surface area contributed by atoms with E-state index < -0.39 is 11.7 Å². The molecule has 6 heteroatoms. The number of rotatable bonds is 4. The summed E-state index contributed by atoms with van der Waals surface area (Å²) in [5.41, 5.74) is 1.70. The first-order valence-corrected chi connectivity index (χ1v) is 7.98. The number of amides is 1. The maximum absolute atomic E-state index is 12.5. The van der Waals surface area contributed by atoms with E-state index in [1.165, 1.54) is 12.0 Å². The van der Waals surface area contributed by atoms with Crippen molar-refractivity contribution in [1.29, 1.82) is 0 Å². The summed E-state index contributed by atoms with van der Waals surface area (Å²) in [5.74, 6) is -1.39. The number of ether oxygens (including phenoxy) is 1. The molecule has 5 nitrogen and oxygen atoms in total. The first kappa shape index (κ1) is 16.7. The van der Waals surface area contributed by atoms with Crippen LogP contribution >= 0.6 is 15.9 Å². The number of esters is 1. The van der Waals surface area contributed by atoms with Gasteiger partial charge in [-0.2, -0.15) is 0 Å². The lowest BCUT2D eigenvalue weighted by Crippen LogP contribution is -2.47. The van der Waals surface area contributed by atoms with Crippen LogP contribution in [-0.4, -0.2) is 30.8 Å². The summed E-state index contributed by atoms with van der Waals surface area (Å²) in [6, 6.07) is 5.24. The third-order valence-corrected chi connectivity index (χ3v) is 4.31. The summed E-state index contributed by atoms with van der Waals surface area (Å²) in [4.78, 5) is 37.4. The van der Waals surface area contributed by atoms with Gasteiger partial charge < -0.3 is 9.64 Å². The Bertz CT molecular complexity index is 614. The molecule has 0 radical (unpaired) electrons. The van der Waals surface area contributed by atoms with Crippen LogP contribution in [0.25, 0.3) is 0 Å². The first-order chi connectivity index (χ1) is 10.5. The van der Waals surface area contributed by atoms with E-state index in [-0.39, 0.29) is 24.9 Å². The SMILES string of the molecule is CCC(=O)C(=O)N1c2ccc(Br)cc2CCC1CC(=O)OC. The molecule has 1 aromatic rings. The third kappa shape index (κ3) is 3.38. The number of fused-ring (bicyclic) bond motifs is 1. The summed E-state index contributed by atoms with van der Waals surface area (Å²) in [6.45, 7) is 1.65. The summed E-state index contributed by atoms with van der Waals surface area (Å²) in [6.07, 6.45) is 1.61. The van der Waals surface area contributed by atoms with Crippen molar-refractivity contribution in [2.75, 3.05) is 12.0 Å². The van der Waals surface area contributed by atoms with Crippen LogP contribution in [0.4, 0.5) is 5.69 Å². The molecular formula is C16H18BrNO4. The Balaban J connectivity index is 2.40. The van der Waals surface area contributed by atoms with Crippen LogP contribution in [0.2, 0.25) is 0 Å². The molecule has 0 aliphatic carbocycles. The van der Waals surface area contributed by atoms with E-state index in [9.17, 15) is 14.4 Å². The van der Waals surface area contributed by atoms with Crippen LogP contribution in [0.3, 0.4) is 0 Å². The van der Waals surface area contributed by atoms with E-state index in [0.29, 0.717) is 12.1 Å². The Labute approximate surface area is 137 Å². The Kier molecular flexibility index (Phi) is 5.34. The number of ketones is 1. The number of anilines is 1. The predicted molar refractivity (Wildman–Crippen MR) is 85.7 cm³/mol. The Morgan fingerprint density at radius 3 is 2.73 bits per heavy atom. The predicted octanol–water partition coefficient (Wildman–Crippen LogP) is 2.64. The summed E-state index contributed by atoms with van der Waals surface area (Å²) < 4.78 is 5.63. The van der Waals surface area contributed by atoms with Gasteiger partial charge in [-0.05, 0) is 36.6 Å². The minimum absolute atomic E-state index is 0.0920. The van der Waals surface area contributed by atoms with Crippen LogP contribution in [0.15, 0.2) is 22.7 Å². The monoisotopic (exact) mass is 367 g/mol. The molecule has 1 aliphatic heterocycles. The van der Waals surface area contributed by atoms with Crippen LogP contribution in [0.1, 0.15) is 31.7 Å². The summed E-state index contributed by atoms with van der Waals surface area (Å²) in [5, 5.41) is 0. The van der Waals surface area contributed by atoms with Crippen molar-refractivity contribution in [1.82, 2.24) is 0 Å². The third-order valence-electron chi connectivity index (χ3n) is 3.82. The van der Waals surface area contributed by atoms with Gasteiger partial charge in [0.2, 0.25) is 5.78 Å². The van der Waals surface area contributed by atoms with Crippen molar-refractivity contribution in [2.24, 2.45) is 0 Å². The molecule has 0 N–H and O–H groups in total. The number of hydrogen-bond donors (Lipinski definition) is 0. The molecule has 1 aromatic carbocycles. The highest BCUT2D eigenvalue weighted by Gasteiger charge is 2.35. The molecule has 0 aromatic heterocycles. The normalized spacial score (nSPS) is 16.9. The second-order valence-electron chi connectivity index (χ2n) is 5.20. The minimum atomic E-state index is -0.556. The Morgan fingerprint density at radius 1 is 1.36 bits per heavy atom. The number of hydrogen-bond acceptors (Lipinski definition) is 4. The highest BCUT2D eigenvalue weighted by Crippen LogP contribution is 2.34. The summed E-state index contributed by atoms with van der Waals surface area (Å²) in [7, 11) is 1.32. The Hall–Kier alpha value is -1.69. The van der Waals surface area contributed by atoms with Crippen molar-refractivity contribution in [3.05, 3.63) is 28.2 Å². The van der Waals surface area contributed by atoms with E-state index in [0.717, 1.165) is 16.5 Å². The largest absolute Gasteiger partial charge is 0.469 e. The van der Waals surface area contributed by atoms with Crippen LogP contribution in [0.5, 0.6) is 0 Å². The molecule has 22 heavy (non-hydrogen) atoms. The van der Waals surface area contributed by atoms with Gasteiger partial charge in [0.25, 0.3) is 5.91 Å². The van der Waals surface area contributed by atoms with E-state index in [1.807, 2.05) is 18.2 Å². The second-order valence-corrected chi connectivity index (χ2v) is 6.11. The molecule has 0 saturated carbocycles. The molecule has 1 amide bonds. The number of carbonyl (C=O) groups excluding carboxylic acids is 3. The molecule has 0 saturated heterocycles. The molecule has 1 heterocycles. The number of aryl methyl sites for hydroxylation is 1. The van der Waals surface area contributed by atoms with E-state index in [1.54, 1.807) is 6.92 Å². The molecular weight excluding hydrogens is 350 g/mol. The standard InChI is InChI=1S/C16H18BrNO4/c1-3-14(19)16(21)18-12(9-15(20)22-2)6-4-10-8-11(17)5-7-13(10)18/h5,7-8,12H,3-4,6,9H2,1-2H3. The fourth-order valence-electron chi connectivity index (χ4n) is 2.67. The highest BCUT2D eigenvalue weighted by atomic mass is 79.9. The van der Waals surface area contributed by atoms with Gasteiger partial charge >= 0.3 is 5.97 Å². The minimum Gasteiger partial charge on any atom is -0.469 e. The molecule has 0 bridgehead atoms.